The maximum absolute atomic E-state index is 12.7. The first-order valence-electron chi connectivity index (χ1n) is 7.86. The van der Waals surface area contributed by atoms with E-state index in [9.17, 15) is 4.79 Å². The molecule has 2 aromatic carbocycles. The van der Waals surface area contributed by atoms with Gasteiger partial charge in [-0.1, -0.05) is 48.5 Å². The highest BCUT2D eigenvalue weighted by Crippen LogP contribution is 2.34. The number of ether oxygens (including phenoxy) is 1. The minimum Gasteiger partial charge on any atom is -0.493 e. The van der Waals surface area contributed by atoms with Crippen LogP contribution in [0.1, 0.15) is 17.9 Å². The highest BCUT2D eigenvalue weighted by molar-refractivity contribution is 7.10. The first kappa shape index (κ1) is 14.9. The van der Waals surface area contributed by atoms with Crippen LogP contribution in [0.3, 0.4) is 0 Å². The monoisotopic (exact) mass is 336 g/mol. The molecular formula is C19H16N2O2S. The Labute approximate surface area is 144 Å². The molecule has 1 atom stereocenters. The van der Waals surface area contributed by atoms with Crippen molar-refractivity contribution >= 4 is 22.4 Å². The summed E-state index contributed by atoms with van der Waals surface area (Å²) in [5.41, 5.74) is 2.88. The summed E-state index contributed by atoms with van der Waals surface area (Å²) in [6, 6.07) is 19.6. The quantitative estimate of drug-likeness (QED) is 0.775. The molecule has 1 amide bonds. The van der Waals surface area contributed by atoms with E-state index in [0.29, 0.717) is 13.0 Å². The van der Waals surface area contributed by atoms with Crippen molar-refractivity contribution in [3.8, 4) is 17.0 Å². The fourth-order valence-corrected chi connectivity index (χ4v) is 3.57. The zero-order valence-electron chi connectivity index (χ0n) is 12.9. The Hall–Kier alpha value is -2.66. The number of nitrogens with one attached hydrogen (secondary N) is 1. The standard InChI is InChI=1S/C19H16N2O2S/c22-19(15-10-11-23-17-9-5-4-8-14(15)17)20-18-12-16(21-24-18)13-6-2-1-3-7-13/h1-9,12,15H,10-11H2,(H,20,22)/t15-/m1/s1. The van der Waals surface area contributed by atoms with E-state index >= 15 is 0 Å². The summed E-state index contributed by atoms with van der Waals surface area (Å²) in [7, 11) is 0. The van der Waals surface area contributed by atoms with E-state index in [0.717, 1.165) is 27.6 Å². The first-order chi connectivity index (χ1) is 11.8. The molecule has 0 saturated carbocycles. The number of hydrogen-bond acceptors (Lipinski definition) is 4. The Morgan fingerprint density at radius 2 is 1.92 bits per heavy atom. The first-order valence-corrected chi connectivity index (χ1v) is 8.63. The zero-order valence-corrected chi connectivity index (χ0v) is 13.8. The van der Waals surface area contributed by atoms with Gasteiger partial charge in [0.15, 0.2) is 0 Å². The molecule has 1 aliphatic heterocycles. The molecule has 0 unspecified atom stereocenters. The Morgan fingerprint density at radius 1 is 1.12 bits per heavy atom. The Bertz CT molecular complexity index is 861. The van der Waals surface area contributed by atoms with Gasteiger partial charge in [0.05, 0.1) is 18.2 Å². The summed E-state index contributed by atoms with van der Waals surface area (Å²) >= 11 is 1.30. The number of para-hydroxylation sites is 1. The lowest BCUT2D eigenvalue weighted by atomic mass is 9.92. The number of aromatic nitrogens is 1. The van der Waals surface area contributed by atoms with Gasteiger partial charge in [-0.2, -0.15) is 4.37 Å². The van der Waals surface area contributed by atoms with E-state index < -0.39 is 0 Å². The Morgan fingerprint density at radius 3 is 2.79 bits per heavy atom. The van der Waals surface area contributed by atoms with E-state index in [-0.39, 0.29) is 11.8 Å². The molecular weight excluding hydrogens is 320 g/mol. The summed E-state index contributed by atoms with van der Waals surface area (Å²) in [6.07, 6.45) is 0.688. The van der Waals surface area contributed by atoms with Gasteiger partial charge in [-0.15, -0.1) is 0 Å². The number of carbonyl (C=O) groups excluding carboxylic acids is 1. The molecule has 0 saturated heterocycles. The van der Waals surface area contributed by atoms with E-state index in [2.05, 4.69) is 9.69 Å². The number of amides is 1. The Balaban J connectivity index is 1.53. The topological polar surface area (TPSA) is 51.2 Å². The predicted octanol–water partition coefficient (Wildman–Crippen LogP) is 4.31. The third-order valence-corrected chi connectivity index (χ3v) is 4.81. The van der Waals surface area contributed by atoms with Crippen LogP contribution in [-0.4, -0.2) is 16.9 Å². The molecule has 0 spiro atoms. The van der Waals surface area contributed by atoms with Gasteiger partial charge in [-0.05, 0) is 24.0 Å². The summed E-state index contributed by atoms with van der Waals surface area (Å²) in [4.78, 5) is 12.7. The zero-order chi connectivity index (χ0) is 16.4. The van der Waals surface area contributed by atoms with Gasteiger partial charge in [0.2, 0.25) is 5.91 Å². The van der Waals surface area contributed by atoms with Crippen LogP contribution < -0.4 is 10.1 Å². The van der Waals surface area contributed by atoms with Gasteiger partial charge in [-0.3, -0.25) is 4.79 Å². The number of anilines is 1. The van der Waals surface area contributed by atoms with E-state index in [1.54, 1.807) is 0 Å². The average molecular weight is 336 g/mol. The van der Waals surface area contributed by atoms with Crippen molar-refractivity contribution in [1.82, 2.24) is 4.37 Å². The molecule has 0 fully saturated rings. The van der Waals surface area contributed by atoms with Crippen LogP contribution in [-0.2, 0) is 4.79 Å². The van der Waals surface area contributed by atoms with Crippen LogP contribution in [0.4, 0.5) is 5.00 Å². The van der Waals surface area contributed by atoms with Gasteiger partial charge in [-0.25, -0.2) is 0 Å². The number of fused-ring (bicyclic) bond motifs is 1. The molecule has 1 aliphatic rings. The molecule has 4 rings (SSSR count). The van der Waals surface area contributed by atoms with Crippen molar-refractivity contribution in [1.29, 1.82) is 0 Å². The summed E-state index contributed by atoms with van der Waals surface area (Å²) in [5, 5.41) is 3.77. The molecule has 1 N–H and O–H groups in total. The third kappa shape index (κ3) is 2.90. The summed E-state index contributed by atoms with van der Waals surface area (Å²) < 4.78 is 10.1. The molecule has 0 aliphatic carbocycles. The SMILES string of the molecule is O=C(Nc1cc(-c2ccccc2)ns1)[C@@H]1CCOc2ccccc21. The van der Waals surface area contributed by atoms with Crippen LogP contribution >= 0.6 is 11.5 Å². The van der Waals surface area contributed by atoms with Gasteiger partial charge in [0.25, 0.3) is 0 Å². The van der Waals surface area contributed by atoms with Crippen LogP contribution in [0.2, 0.25) is 0 Å². The largest absolute Gasteiger partial charge is 0.493 e. The molecule has 0 radical (unpaired) electrons. The van der Waals surface area contributed by atoms with E-state index in [1.165, 1.54) is 11.5 Å². The van der Waals surface area contributed by atoms with Crippen molar-refractivity contribution in [2.24, 2.45) is 0 Å². The van der Waals surface area contributed by atoms with Crippen molar-refractivity contribution in [3.63, 3.8) is 0 Å². The van der Waals surface area contributed by atoms with Crippen molar-refractivity contribution < 1.29 is 9.53 Å². The molecule has 24 heavy (non-hydrogen) atoms. The molecule has 2 heterocycles. The van der Waals surface area contributed by atoms with Crippen molar-refractivity contribution in [2.45, 2.75) is 12.3 Å². The lowest BCUT2D eigenvalue weighted by Gasteiger charge is -2.24. The second-order valence-electron chi connectivity index (χ2n) is 5.66. The second kappa shape index (κ2) is 6.45. The highest BCUT2D eigenvalue weighted by Gasteiger charge is 2.27. The van der Waals surface area contributed by atoms with Gasteiger partial charge in [0.1, 0.15) is 10.8 Å². The van der Waals surface area contributed by atoms with Crippen LogP contribution in [0.15, 0.2) is 60.7 Å². The summed E-state index contributed by atoms with van der Waals surface area (Å²) in [5.74, 6) is 0.615. The maximum Gasteiger partial charge on any atom is 0.232 e. The van der Waals surface area contributed by atoms with E-state index in [1.807, 2.05) is 60.7 Å². The van der Waals surface area contributed by atoms with E-state index in [4.69, 9.17) is 4.74 Å². The Kier molecular flexibility index (Phi) is 4.01. The number of benzene rings is 2. The fourth-order valence-electron chi connectivity index (χ4n) is 2.90. The van der Waals surface area contributed by atoms with Crippen LogP contribution in [0.25, 0.3) is 11.3 Å². The molecule has 5 heteroatoms. The fraction of sp³-hybridized carbons (Fsp3) is 0.158. The van der Waals surface area contributed by atoms with Crippen molar-refractivity contribution in [3.05, 3.63) is 66.2 Å². The minimum atomic E-state index is -0.183. The second-order valence-corrected chi connectivity index (χ2v) is 6.46. The smallest absolute Gasteiger partial charge is 0.232 e. The molecule has 0 bridgehead atoms. The number of carbonyl (C=O) groups is 1. The van der Waals surface area contributed by atoms with Gasteiger partial charge < -0.3 is 10.1 Å². The maximum atomic E-state index is 12.7. The van der Waals surface area contributed by atoms with Gasteiger partial charge >= 0.3 is 0 Å². The van der Waals surface area contributed by atoms with Gasteiger partial charge in [0, 0.05) is 17.2 Å². The minimum absolute atomic E-state index is 0.00554. The lowest BCUT2D eigenvalue weighted by molar-refractivity contribution is -0.118. The number of nitrogens with zero attached hydrogens (tertiary/aromatic N) is 1. The highest BCUT2D eigenvalue weighted by atomic mass is 32.1. The van der Waals surface area contributed by atoms with Crippen LogP contribution in [0, 0.1) is 0 Å². The molecule has 3 aromatic rings. The lowest BCUT2D eigenvalue weighted by Crippen LogP contribution is -2.26. The van der Waals surface area contributed by atoms with Crippen LogP contribution in [0.5, 0.6) is 5.75 Å². The molecule has 4 nitrogen and oxygen atoms in total. The number of hydrogen-bond donors (Lipinski definition) is 1. The normalized spacial score (nSPS) is 16.1. The summed E-state index contributed by atoms with van der Waals surface area (Å²) in [6.45, 7) is 0.563. The van der Waals surface area contributed by atoms with Crippen molar-refractivity contribution in [2.75, 3.05) is 11.9 Å². The predicted molar refractivity (Wildman–Crippen MR) is 95.5 cm³/mol. The third-order valence-electron chi connectivity index (χ3n) is 4.10. The number of rotatable bonds is 3. The molecule has 120 valence electrons. The molecule has 1 aromatic heterocycles. The average Bonchev–Trinajstić information content (AvgIpc) is 3.10.